The Morgan fingerprint density at radius 1 is 0.969 bits per heavy atom. The first-order chi connectivity index (χ1) is 14.6. The summed E-state index contributed by atoms with van der Waals surface area (Å²) in [4.78, 5) is 4.66. The fourth-order valence-electron chi connectivity index (χ4n) is 3.16. The molecule has 0 spiro atoms. The van der Waals surface area contributed by atoms with Gasteiger partial charge in [0.15, 0.2) is 0 Å². The number of aryl methyl sites for hydroxylation is 1. The summed E-state index contributed by atoms with van der Waals surface area (Å²) in [5.74, 6) is 0.940. The number of hydrogen-bond acceptors (Lipinski definition) is 4. The maximum Gasteiger partial charge on any atom is 0.496 e. The summed E-state index contributed by atoms with van der Waals surface area (Å²) in [7, 11) is -2.22. The Kier molecular flexibility index (Phi) is 6.55. The van der Waals surface area contributed by atoms with Crippen LogP contribution in [0.2, 0.25) is 18.1 Å². The number of rotatable bonds is 5. The minimum Gasteiger partial charge on any atom is -0.544 e. The van der Waals surface area contributed by atoms with Crippen molar-refractivity contribution < 1.29 is 13.7 Å². The van der Waals surface area contributed by atoms with Crippen LogP contribution >= 0.6 is 0 Å². The van der Waals surface area contributed by atoms with Crippen molar-refractivity contribution in [2.24, 2.45) is 0 Å². The van der Waals surface area contributed by atoms with Gasteiger partial charge in [0.25, 0.3) is 0 Å². The molecule has 1 fully saturated rings. The first-order valence-corrected chi connectivity index (χ1v) is 14.3. The van der Waals surface area contributed by atoms with E-state index in [4.69, 9.17) is 13.7 Å². The lowest BCUT2D eigenvalue weighted by atomic mass is 9.79. The summed E-state index contributed by atoms with van der Waals surface area (Å²) >= 11 is 0. The van der Waals surface area contributed by atoms with E-state index in [1.54, 1.807) is 0 Å². The Morgan fingerprint density at radius 2 is 1.53 bits per heavy atom. The number of hydrogen-bond donors (Lipinski definition) is 0. The zero-order valence-corrected chi connectivity index (χ0v) is 22.4. The second kappa shape index (κ2) is 8.47. The first-order valence-electron chi connectivity index (χ1n) is 11.4. The highest BCUT2D eigenvalue weighted by atomic mass is 28.4. The molecule has 172 valence electrons. The number of pyridine rings is 1. The van der Waals surface area contributed by atoms with Crippen molar-refractivity contribution in [2.45, 2.75) is 84.7 Å². The maximum absolute atomic E-state index is 6.37. The van der Waals surface area contributed by atoms with Crippen LogP contribution in [0.15, 0.2) is 36.5 Å². The molecule has 0 unspecified atom stereocenters. The predicted molar refractivity (Wildman–Crippen MR) is 138 cm³/mol. The van der Waals surface area contributed by atoms with Crippen molar-refractivity contribution in [1.82, 2.24) is 4.98 Å². The van der Waals surface area contributed by atoms with Gasteiger partial charge in [0.1, 0.15) is 5.75 Å². The summed E-state index contributed by atoms with van der Waals surface area (Å²) in [5, 5.41) is 0.182. The third kappa shape index (κ3) is 5.19. The monoisotopic (exact) mass is 451 g/mol. The maximum atomic E-state index is 6.37. The molecular formula is C26H38BNO3Si. The molecule has 2 heterocycles. The van der Waals surface area contributed by atoms with Gasteiger partial charge in [-0.15, -0.1) is 0 Å². The first kappa shape index (κ1) is 24.7. The highest BCUT2D eigenvalue weighted by molar-refractivity contribution is 6.74. The lowest BCUT2D eigenvalue weighted by Gasteiger charge is -2.36. The zero-order valence-electron chi connectivity index (χ0n) is 21.4. The molecule has 1 aliphatic rings. The Labute approximate surface area is 195 Å². The number of nitrogens with zero attached hydrogens (tertiary/aromatic N) is 1. The van der Waals surface area contributed by atoms with Crippen LogP contribution in [0.4, 0.5) is 0 Å². The van der Waals surface area contributed by atoms with E-state index in [1.165, 1.54) is 0 Å². The van der Waals surface area contributed by atoms with E-state index in [0.29, 0.717) is 0 Å². The molecule has 3 rings (SSSR count). The average Bonchev–Trinajstić information content (AvgIpc) is 2.88. The Balaban J connectivity index is 1.70. The van der Waals surface area contributed by atoms with E-state index < -0.39 is 15.4 Å². The van der Waals surface area contributed by atoms with E-state index in [2.05, 4.69) is 110 Å². The molecule has 6 heteroatoms. The molecule has 0 radical (unpaired) electrons. The smallest absolute Gasteiger partial charge is 0.496 e. The van der Waals surface area contributed by atoms with Gasteiger partial charge in [0.05, 0.1) is 16.9 Å². The number of benzene rings is 1. The highest BCUT2D eigenvalue weighted by Gasteiger charge is 2.51. The Hall–Kier alpha value is -1.89. The van der Waals surface area contributed by atoms with Crippen molar-refractivity contribution in [1.29, 1.82) is 0 Å². The van der Waals surface area contributed by atoms with Gasteiger partial charge in [-0.2, -0.15) is 0 Å². The van der Waals surface area contributed by atoms with Gasteiger partial charge in [-0.25, -0.2) is 0 Å². The van der Waals surface area contributed by atoms with E-state index >= 15 is 0 Å². The fraction of sp³-hybridized carbons (Fsp3) is 0.500. The normalized spacial score (nSPS) is 18.4. The van der Waals surface area contributed by atoms with Crippen LogP contribution in [0.5, 0.6) is 5.75 Å². The lowest BCUT2D eigenvalue weighted by molar-refractivity contribution is 0.00578. The second-order valence-electron chi connectivity index (χ2n) is 11.3. The third-order valence-corrected chi connectivity index (χ3v) is 11.5. The molecule has 0 amide bonds. The summed E-state index contributed by atoms with van der Waals surface area (Å²) in [6, 6.07) is 10.4. The second-order valence-corrected chi connectivity index (χ2v) is 16.0. The van der Waals surface area contributed by atoms with Crippen LogP contribution in [0, 0.1) is 6.92 Å². The van der Waals surface area contributed by atoms with Crippen LogP contribution < -0.4 is 9.89 Å². The Bertz CT molecular complexity index is 975. The van der Waals surface area contributed by atoms with Crippen molar-refractivity contribution in [3.05, 3.63) is 53.3 Å². The van der Waals surface area contributed by atoms with Crippen LogP contribution in [0.3, 0.4) is 0 Å². The van der Waals surface area contributed by atoms with Crippen molar-refractivity contribution in [3.63, 3.8) is 0 Å². The summed E-state index contributed by atoms with van der Waals surface area (Å²) in [5.41, 5.74) is 3.38. The standard InChI is InChI=1S/C26H38BNO3Si/c1-19-17-21(27-30-25(5,6)26(7,8)31-27)18-28-23(19)16-13-20-11-14-22(15-12-20)29-32(9,10)24(2,3)4/h11-18H,1-10H3/b16-13+. The highest BCUT2D eigenvalue weighted by Crippen LogP contribution is 2.38. The molecule has 32 heavy (non-hydrogen) atoms. The summed E-state index contributed by atoms with van der Waals surface area (Å²) < 4.78 is 18.7. The van der Waals surface area contributed by atoms with E-state index in [-0.39, 0.29) is 16.2 Å². The van der Waals surface area contributed by atoms with Crippen LogP contribution in [0.25, 0.3) is 12.2 Å². The summed E-state index contributed by atoms with van der Waals surface area (Å²) in [6.45, 7) is 21.6. The number of aromatic nitrogens is 1. The van der Waals surface area contributed by atoms with Crippen molar-refractivity contribution in [2.75, 3.05) is 0 Å². The fourth-order valence-corrected chi connectivity index (χ4v) is 4.19. The van der Waals surface area contributed by atoms with Crippen LogP contribution in [0.1, 0.15) is 65.3 Å². The SMILES string of the molecule is Cc1cc(B2OC(C)(C)C(C)(C)O2)cnc1/C=C/c1ccc(O[Si](C)(C)C(C)(C)C)cc1. The molecule has 2 aromatic rings. The molecule has 1 aromatic carbocycles. The molecule has 1 aromatic heterocycles. The molecule has 1 saturated heterocycles. The van der Waals surface area contributed by atoms with Crippen LogP contribution in [-0.2, 0) is 9.31 Å². The lowest BCUT2D eigenvalue weighted by Crippen LogP contribution is -2.43. The molecule has 1 aliphatic heterocycles. The molecule has 4 nitrogen and oxygen atoms in total. The van der Waals surface area contributed by atoms with Gasteiger partial charge in [0.2, 0.25) is 8.32 Å². The van der Waals surface area contributed by atoms with Gasteiger partial charge in [0, 0.05) is 11.7 Å². The molecule has 0 saturated carbocycles. The predicted octanol–water partition coefficient (Wildman–Crippen LogP) is 6.24. The zero-order chi connectivity index (χ0) is 23.9. The topological polar surface area (TPSA) is 40.6 Å². The average molecular weight is 451 g/mol. The van der Waals surface area contributed by atoms with Gasteiger partial charge < -0.3 is 13.7 Å². The van der Waals surface area contributed by atoms with E-state index in [1.807, 2.05) is 12.3 Å². The van der Waals surface area contributed by atoms with E-state index in [0.717, 1.165) is 28.0 Å². The molecule has 0 bridgehead atoms. The largest absolute Gasteiger partial charge is 0.544 e. The minimum atomic E-state index is -1.83. The molecule has 0 aliphatic carbocycles. The van der Waals surface area contributed by atoms with Gasteiger partial charge in [-0.1, -0.05) is 45.0 Å². The minimum absolute atomic E-state index is 0.182. The van der Waals surface area contributed by atoms with Gasteiger partial charge in [-0.05, 0) is 82.1 Å². The van der Waals surface area contributed by atoms with E-state index in [9.17, 15) is 0 Å². The van der Waals surface area contributed by atoms with Gasteiger partial charge in [-0.3, -0.25) is 4.98 Å². The van der Waals surface area contributed by atoms with Crippen molar-refractivity contribution >= 4 is 33.1 Å². The molecule has 0 atom stereocenters. The quantitative estimate of drug-likeness (QED) is 0.505. The Morgan fingerprint density at radius 3 is 2.03 bits per heavy atom. The van der Waals surface area contributed by atoms with Crippen molar-refractivity contribution in [3.8, 4) is 5.75 Å². The molecule has 0 N–H and O–H groups in total. The third-order valence-electron chi connectivity index (χ3n) is 7.16. The molecular weight excluding hydrogens is 413 g/mol. The van der Waals surface area contributed by atoms with Crippen LogP contribution in [-0.4, -0.2) is 31.6 Å². The van der Waals surface area contributed by atoms with Gasteiger partial charge >= 0.3 is 7.12 Å². The summed E-state index contributed by atoms with van der Waals surface area (Å²) in [6.07, 6.45) is 5.98.